The van der Waals surface area contributed by atoms with Crippen molar-refractivity contribution in [2.24, 2.45) is 5.92 Å². The van der Waals surface area contributed by atoms with Crippen LogP contribution in [0.2, 0.25) is 0 Å². The minimum atomic E-state index is -0.242. The summed E-state index contributed by atoms with van der Waals surface area (Å²) < 4.78 is 13.3. The van der Waals surface area contributed by atoms with E-state index in [0.29, 0.717) is 5.92 Å². The van der Waals surface area contributed by atoms with Crippen LogP contribution in [0, 0.1) is 11.7 Å². The number of hydrogen-bond acceptors (Lipinski definition) is 5. The molecule has 1 saturated carbocycles. The molecule has 1 aromatic carbocycles. The molecule has 132 valence electrons. The number of nitrogens with one attached hydrogen (secondary N) is 1. The minimum absolute atomic E-state index is 0.0120. The van der Waals surface area contributed by atoms with Gasteiger partial charge in [0.1, 0.15) is 5.82 Å². The maximum Gasteiger partial charge on any atom is 0.171 e. The molecular weight excluding hydrogens is 319 g/mol. The van der Waals surface area contributed by atoms with Crippen LogP contribution in [0.3, 0.4) is 0 Å². The van der Waals surface area contributed by atoms with Gasteiger partial charge in [0.05, 0.1) is 12.1 Å². The summed E-state index contributed by atoms with van der Waals surface area (Å²) >= 11 is 0. The third-order valence-electron chi connectivity index (χ3n) is 5.23. The number of anilines is 2. The molecule has 4 rings (SSSR count). The van der Waals surface area contributed by atoms with Gasteiger partial charge in [-0.3, -0.25) is 0 Å². The summed E-state index contributed by atoms with van der Waals surface area (Å²) in [6.45, 7) is 1.99. The van der Waals surface area contributed by atoms with E-state index in [2.05, 4.69) is 20.2 Å². The number of aliphatic hydroxyl groups is 1. The van der Waals surface area contributed by atoms with E-state index >= 15 is 0 Å². The molecule has 1 saturated heterocycles. The highest BCUT2D eigenvalue weighted by Crippen LogP contribution is 2.41. The lowest BCUT2D eigenvalue weighted by atomic mass is 9.75. The molecule has 2 heterocycles. The first-order valence-corrected chi connectivity index (χ1v) is 8.97. The van der Waals surface area contributed by atoms with E-state index in [0.717, 1.165) is 43.1 Å². The maximum atomic E-state index is 13.3. The van der Waals surface area contributed by atoms with Crippen molar-refractivity contribution in [3.63, 3.8) is 0 Å². The van der Waals surface area contributed by atoms with Gasteiger partial charge in [-0.15, -0.1) is 0 Å². The van der Waals surface area contributed by atoms with Crippen LogP contribution in [-0.2, 0) is 0 Å². The molecular formula is C19H23FN4O. The van der Waals surface area contributed by atoms with Gasteiger partial charge in [-0.25, -0.2) is 14.4 Å². The zero-order valence-corrected chi connectivity index (χ0v) is 14.1. The Bertz CT molecular complexity index is 712. The fourth-order valence-electron chi connectivity index (χ4n) is 3.79. The molecule has 0 amide bonds. The highest BCUT2D eigenvalue weighted by Gasteiger charge is 2.35. The van der Waals surface area contributed by atoms with Crippen LogP contribution < -0.4 is 10.2 Å². The Morgan fingerprint density at radius 2 is 1.76 bits per heavy atom. The van der Waals surface area contributed by atoms with Crippen LogP contribution in [0.4, 0.5) is 16.0 Å². The van der Waals surface area contributed by atoms with Gasteiger partial charge in [0, 0.05) is 25.5 Å². The Morgan fingerprint density at radius 1 is 1.08 bits per heavy atom. The molecule has 0 radical (unpaired) electrons. The number of nitrogens with zero attached hydrogens (tertiary/aromatic N) is 3. The maximum absolute atomic E-state index is 13.3. The Hall–Kier alpha value is -2.21. The Balaban J connectivity index is 1.61. The Labute approximate surface area is 146 Å². The van der Waals surface area contributed by atoms with Crippen molar-refractivity contribution < 1.29 is 9.50 Å². The van der Waals surface area contributed by atoms with Crippen molar-refractivity contribution in [2.45, 2.75) is 37.8 Å². The second-order valence-electron chi connectivity index (χ2n) is 6.98. The van der Waals surface area contributed by atoms with Gasteiger partial charge in [0.25, 0.3) is 0 Å². The highest BCUT2D eigenvalue weighted by atomic mass is 19.1. The molecule has 1 atom stereocenters. The van der Waals surface area contributed by atoms with E-state index in [-0.39, 0.29) is 18.0 Å². The van der Waals surface area contributed by atoms with Crippen molar-refractivity contribution in [2.75, 3.05) is 23.3 Å². The number of rotatable bonds is 5. The van der Waals surface area contributed by atoms with Gasteiger partial charge < -0.3 is 15.3 Å². The molecule has 2 N–H and O–H groups in total. The predicted molar refractivity (Wildman–Crippen MR) is 95.0 cm³/mol. The lowest BCUT2D eigenvalue weighted by Crippen LogP contribution is -2.36. The molecule has 1 aromatic heterocycles. The van der Waals surface area contributed by atoms with E-state index in [1.54, 1.807) is 12.4 Å². The third-order valence-corrected chi connectivity index (χ3v) is 5.23. The molecule has 0 unspecified atom stereocenters. The van der Waals surface area contributed by atoms with E-state index < -0.39 is 0 Å². The molecule has 1 aliphatic carbocycles. The van der Waals surface area contributed by atoms with Crippen LogP contribution in [0.1, 0.15) is 37.3 Å². The quantitative estimate of drug-likeness (QED) is 0.874. The average molecular weight is 342 g/mol. The zero-order chi connectivity index (χ0) is 17.2. The van der Waals surface area contributed by atoms with Gasteiger partial charge in [-0.1, -0.05) is 12.1 Å². The molecule has 0 bridgehead atoms. The first kappa shape index (κ1) is 16.3. The number of halogens is 1. The SMILES string of the molecule is OC1CC([C@H](Nc2nccnc2N2CCCC2)c2ccc(F)cc2)C1. The topological polar surface area (TPSA) is 61.3 Å². The van der Waals surface area contributed by atoms with E-state index in [1.807, 2.05) is 12.1 Å². The summed E-state index contributed by atoms with van der Waals surface area (Å²) in [5.74, 6) is 1.70. The first-order chi connectivity index (χ1) is 12.2. The molecule has 5 nitrogen and oxygen atoms in total. The molecule has 6 heteroatoms. The van der Waals surface area contributed by atoms with Gasteiger partial charge in [-0.05, 0) is 49.3 Å². The number of hydrogen-bond donors (Lipinski definition) is 2. The molecule has 2 aliphatic rings. The van der Waals surface area contributed by atoms with Gasteiger partial charge in [-0.2, -0.15) is 0 Å². The van der Waals surface area contributed by atoms with Crippen LogP contribution in [0.25, 0.3) is 0 Å². The molecule has 2 aromatic rings. The zero-order valence-electron chi connectivity index (χ0n) is 14.1. The summed E-state index contributed by atoms with van der Waals surface area (Å²) in [4.78, 5) is 11.3. The fraction of sp³-hybridized carbons (Fsp3) is 0.474. The minimum Gasteiger partial charge on any atom is -0.393 e. The van der Waals surface area contributed by atoms with Crippen molar-refractivity contribution in [1.29, 1.82) is 0 Å². The van der Waals surface area contributed by atoms with Crippen LogP contribution in [0.5, 0.6) is 0 Å². The van der Waals surface area contributed by atoms with Crippen molar-refractivity contribution in [3.8, 4) is 0 Å². The normalized spacial score (nSPS) is 24.0. The van der Waals surface area contributed by atoms with Crippen LogP contribution in [-0.4, -0.2) is 34.3 Å². The van der Waals surface area contributed by atoms with Crippen LogP contribution in [0.15, 0.2) is 36.7 Å². The van der Waals surface area contributed by atoms with Crippen LogP contribution >= 0.6 is 0 Å². The second-order valence-corrected chi connectivity index (χ2v) is 6.98. The predicted octanol–water partition coefficient (Wildman–Crippen LogP) is 3.14. The van der Waals surface area contributed by atoms with E-state index in [4.69, 9.17) is 0 Å². The first-order valence-electron chi connectivity index (χ1n) is 8.97. The average Bonchev–Trinajstić information content (AvgIpc) is 3.13. The lowest BCUT2D eigenvalue weighted by molar-refractivity contribution is 0.0339. The smallest absolute Gasteiger partial charge is 0.171 e. The standard InChI is InChI=1S/C19H23FN4O/c20-15-5-3-13(4-6-15)17(14-11-16(25)12-14)23-18-19(22-8-7-21-18)24-9-1-2-10-24/h3-8,14,16-17,25H,1-2,9-12H2,(H,21,23)/t14?,16?,17-/m1/s1. The number of aromatic nitrogens is 2. The largest absolute Gasteiger partial charge is 0.393 e. The Morgan fingerprint density at radius 3 is 2.44 bits per heavy atom. The van der Waals surface area contributed by atoms with Crippen molar-refractivity contribution in [1.82, 2.24) is 9.97 Å². The summed E-state index contributed by atoms with van der Waals surface area (Å²) in [5.41, 5.74) is 1.01. The summed E-state index contributed by atoms with van der Waals surface area (Å²) in [7, 11) is 0. The fourth-order valence-corrected chi connectivity index (χ4v) is 3.79. The van der Waals surface area contributed by atoms with Crippen molar-refractivity contribution >= 4 is 11.6 Å². The van der Waals surface area contributed by atoms with Gasteiger partial charge >= 0.3 is 0 Å². The van der Waals surface area contributed by atoms with Crippen molar-refractivity contribution in [3.05, 3.63) is 48.0 Å². The molecule has 25 heavy (non-hydrogen) atoms. The Kier molecular flexibility index (Phi) is 4.53. The van der Waals surface area contributed by atoms with E-state index in [9.17, 15) is 9.50 Å². The number of aliphatic hydroxyl groups excluding tert-OH is 1. The monoisotopic (exact) mass is 342 g/mol. The summed E-state index contributed by atoms with van der Waals surface area (Å²) in [5, 5.41) is 13.3. The lowest BCUT2D eigenvalue weighted by Gasteiger charge is -2.39. The third kappa shape index (κ3) is 3.44. The molecule has 0 spiro atoms. The molecule has 1 aliphatic heterocycles. The van der Waals surface area contributed by atoms with Gasteiger partial charge in [0.2, 0.25) is 0 Å². The second kappa shape index (κ2) is 6.96. The summed E-state index contributed by atoms with van der Waals surface area (Å²) in [6.07, 6.45) is 7.01. The number of benzene rings is 1. The molecule has 2 fully saturated rings. The highest BCUT2D eigenvalue weighted by molar-refractivity contribution is 5.62. The van der Waals surface area contributed by atoms with E-state index in [1.165, 1.54) is 25.0 Å². The summed E-state index contributed by atoms with van der Waals surface area (Å²) in [6, 6.07) is 6.57. The van der Waals surface area contributed by atoms with Gasteiger partial charge in [0.15, 0.2) is 11.6 Å².